The van der Waals surface area contributed by atoms with Gasteiger partial charge in [0.05, 0.1) is 32.0 Å². The highest BCUT2D eigenvalue weighted by molar-refractivity contribution is 6.00. The predicted molar refractivity (Wildman–Crippen MR) is 178 cm³/mol. The number of halogens is 1. The molecular formula is C34H55ClN4O7. The number of rotatable bonds is 17. The quantitative estimate of drug-likeness (QED) is 0.186. The summed E-state index contributed by atoms with van der Waals surface area (Å²) in [6.45, 7) is 6.63. The lowest BCUT2D eigenvalue weighted by Gasteiger charge is -2.52. The van der Waals surface area contributed by atoms with Crippen molar-refractivity contribution in [3.8, 4) is 5.75 Å². The van der Waals surface area contributed by atoms with Crippen molar-refractivity contribution in [2.45, 2.75) is 101 Å². The van der Waals surface area contributed by atoms with Gasteiger partial charge in [0, 0.05) is 38.2 Å². The molecule has 11 nitrogen and oxygen atoms in total. The number of carbonyl (C=O) groups is 3. The lowest BCUT2D eigenvalue weighted by molar-refractivity contribution is -0.163. The van der Waals surface area contributed by atoms with Crippen molar-refractivity contribution in [3.05, 3.63) is 29.8 Å². The SMILES string of the molecule is CCCCN1C(=O)[C@@H](CC2(O)CCCCC2)NC(=O)C12CCN(CCCCOc1ccc(C(=O)NCCOCCO)cc1)CC2.Cl. The van der Waals surface area contributed by atoms with Gasteiger partial charge >= 0.3 is 0 Å². The van der Waals surface area contributed by atoms with E-state index in [-0.39, 0.29) is 43.3 Å². The van der Waals surface area contributed by atoms with Crippen LogP contribution in [0.15, 0.2) is 24.3 Å². The van der Waals surface area contributed by atoms with Crippen molar-refractivity contribution < 1.29 is 34.1 Å². The summed E-state index contributed by atoms with van der Waals surface area (Å²) in [5, 5.41) is 25.7. The summed E-state index contributed by atoms with van der Waals surface area (Å²) in [6.07, 6.45) is 9.64. The Morgan fingerprint density at radius 3 is 2.37 bits per heavy atom. The number of nitrogens with zero attached hydrogens (tertiary/aromatic N) is 2. The number of nitrogens with one attached hydrogen (secondary N) is 2. The first-order valence-electron chi connectivity index (χ1n) is 17.1. The fourth-order valence-electron chi connectivity index (χ4n) is 6.93. The standard InChI is InChI=1S/C34H54N4O7.ClH/c1-2-3-19-38-31(41)29(26-33(43)13-5-4-6-14-33)36-32(42)34(38)15-20-37(21-16-34)18-7-8-23-45-28-11-9-27(10-12-28)30(40)35-17-24-44-25-22-39;/h9-12,29,39,43H,2-8,13-26H2,1H3,(H,35,40)(H,36,42);1H/t29-;/m1./s1. The number of amides is 3. The molecule has 2 aliphatic heterocycles. The molecule has 1 spiro atoms. The minimum absolute atomic E-state index is 0. The number of likely N-dealkylation sites (tertiary alicyclic amines) is 1. The molecule has 1 aliphatic carbocycles. The van der Waals surface area contributed by atoms with Crippen molar-refractivity contribution in [1.82, 2.24) is 20.4 Å². The first kappa shape index (κ1) is 38.0. The number of aliphatic hydroxyl groups is 2. The molecule has 0 aromatic heterocycles. The zero-order valence-corrected chi connectivity index (χ0v) is 28.3. The molecule has 3 fully saturated rings. The molecule has 2 saturated heterocycles. The van der Waals surface area contributed by atoms with Crippen LogP contribution < -0.4 is 15.4 Å². The van der Waals surface area contributed by atoms with Crippen LogP contribution in [0.1, 0.15) is 94.3 Å². The molecular weight excluding hydrogens is 612 g/mol. The first-order valence-corrected chi connectivity index (χ1v) is 17.1. The van der Waals surface area contributed by atoms with E-state index < -0.39 is 17.2 Å². The molecule has 1 saturated carbocycles. The van der Waals surface area contributed by atoms with Crippen LogP contribution in [0.25, 0.3) is 0 Å². The lowest BCUT2D eigenvalue weighted by atomic mass is 9.77. The fraction of sp³-hybridized carbons (Fsp3) is 0.735. The number of unbranched alkanes of at least 4 members (excludes halogenated alkanes) is 2. The third-order valence-electron chi connectivity index (χ3n) is 9.62. The van der Waals surface area contributed by atoms with Gasteiger partial charge in [-0.1, -0.05) is 32.6 Å². The van der Waals surface area contributed by atoms with Gasteiger partial charge in [0.15, 0.2) is 0 Å². The summed E-state index contributed by atoms with van der Waals surface area (Å²) in [7, 11) is 0. The molecule has 1 atom stereocenters. The second-order valence-corrected chi connectivity index (χ2v) is 12.9. The maximum absolute atomic E-state index is 13.8. The largest absolute Gasteiger partial charge is 0.494 e. The van der Waals surface area contributed by atoms with E-state index in [1.807, 2.05) is 4.90 Å². The highest BCUT2D eigenvalue weighted by Crippen LogP contribution is 2.37. The Balaban J connectivity index is 0.00000576. The summed E-state index contributed by atoms with van der Waals surface area (Å²) in [5.74, 6) is 0.460. The van der Waals surface area contributed by atoms with E-state index in [1.54, 1.807) is 24.3 Å². The molecule has 4 rings (SSSR count). The zero-order valence-electron chi connectivity index (χ0n) is 27.5. The van der Waals surface area contributed by atoms with Crippen LogP contribution >= 0.6 is 12.4 Å². The van der Waals surface area contributed by atoms with Crippen molar-refractivity contribution >= 4 is 30.1 Å². The fourth-order valence-corrected chi connectivity index (χ4v) is 6.93. The van der Waals surface area contributed by atoms with Gasteiger partial charge in [0.25, 0.3) is 5.91 Å². The monoisotopic (exact) mass is 666 g/mol. The number of ether oxygens (including phenoxy) is 2. The van der Waals surface area contributed by atoms with E-state index in [4.69, 9.17) is 14.6 Å². The molecule has 12 heteroatoms. The molecule has 1 aromatic rings. The molecule has 3 aliphatic rings. The summed E-state index contributed by atoms with van der Waals surface area (Å²) in [4.78, 5) is 43.9. The van der Waals surface area contributed by atoms with E-state index >= 15 is 0 Å². The van der Waals surface area contributed by atoms with Gasteiger partial charge in [-0.25, -0.2) is 0 Å². The van der Waals surface area contributed by atoms with Crippen molar-refractivity contribution in [2.24, 2.45) is 0 Å². The van der Waals surface area contributed by atoms with Crippen molar-refractivity contribution in [2.75, 3.05) is 59.2 Å². The molecule has 0 bridgehead atoms. The average Bonchev–Trinajstić information content (AvgIpc) is 3.04. The van der Waals surface area contributed by atoms with Gasteiger partial charge < -0.3 is 40.1 Å². The first-order chi connectivity index (χ1) is 21.8. The van der Waals surface area contributed by atoms with Crippen LogP contribution in [0.3, 0.4) is 0 Å². The number of carbonyl (C=O) groups excluding carboxylic acids is 3. The number of piperazine rings is 1. The molecule has 260 valence electrons. The predicted octanol–water partition coefficient (Wildman–Crippen LogP) is 3.05. The van der Waals surface area contributed by atoms with Crippen molar-refractivity contribution in [3.63, 3.8) is 0 Å². The number of benzene rings is 1. The van der Waals surface area contributed by atoms with E-state index in [2.05, 4.69) is 22.5 Å². The Bertz CT molecular complexity index is 1090. The maximum atomic E-state index is 13.8. The molecule has 2 heterocycles. The van der Waals surface area contributed by atoms with Crippen LogP contribution in [0.4, 0.5) is 0 Å². The van der Waals surface area contributed by atoms with E-state index in [1.165, 1.54) is 0 Å². The summed E-state index contributed by atoms with van der Waals surface area (Å²) < 4.78 is 11.0. The number of hydrogen-bond acceptors (Lipinski definition) is 8. The minimum Gasteiger partial charge on any atom is -0.494 e. The second kappa shape index (κ2) is 18.8. The highest BCUT2D eigenvalue weighted by atomic mass is 35.5. The maximum Gasteiger partial charge on any atom is 0.251 e. The molecule has 0 radical (unpaired) electrons. The van der Waals surface area contributed by atoms with Gasteiger partial charge in [-0.15, -0.1) is 12.4 Å². The second-order valence-electron chi connectivity index (χ2n) is 12.9. The average molecular weight is 667 g/mol. The smallest absolute Gasteiger partial charge is 0.251 e. The third-order valence-corrected chi connectivity index (χ3v) is 9.62. The molecule has 46 heavy (non-hydrogen) atoms. The normalized spacial score (nSPS) is 21.0. The number of aliphatic hydroxyl groups excluding tert-OH is 1. The van der Waals surface area contributed by atoms with E-state index in [9.17, 15) is 19.5 Å². The van der Waals surface area contributed by atoms with Crippen LogP contribution in [-0.4, -0.2) is 114 Å². The van der Waals surface area contributed by atoms with Gasteiger partial charge in [-0.2, -0.15) is 0 Å². The summed E-state index contributed by atoms with van der Waals surface area (Å²) in [6, 6.07) is 6.42. The summed E-state index contributed by atoms with van der Waals surface area (Å²) >= 11 is 0. The third kappa shape index (κ3) is 10.3. The number of hydrogen-bond donors (Lipinski definition) is 4. The highest BCUT2D eigenvalue weighted by Gasteiger charge is 2.54. The van der Waals surface area contributed by atoms with E-state index in [0.717, 1.165) is 64.6 Å². The van der Waals surface area contributed by atoms with Crippen molar-refractivity contribution in [1.29, 1.82) is 0 Å². The van der Waals surface area contributed by atoms with Gasteiger partial charge in [0.2, 0.25) is 11.8 Å². The van der Waals surface area contributed by atoms with Crippen LogP contribution in [0.2, 0.25) is 0 Å². The molecule has 3 amide bonds. The Morgan fingerprint density at radius 1 is 0.978 bits per heavy atom. The number of piperidine rings is 1. The van der Waals surface area contributed by atoms with Crippen LogP contribution in [-0.2, 0) is 14.3 Å². The Morgan fingerprint density at radius 2 is 1.70 bits per heavy atom. The van der Waals surface area contributed by atoms with Crippen LogP contribution in [0, 0.1) is 0 Å². The van der Waals surface area contributed by atoms with Gasteiger partial charge in [-0.05, 0) is 75.8 Å². The molecule has 4 N–H and O–H groups in total. The molecule has 1 aromatic carbocycles. The Kier molecular flexibility index (Phi) is 15.5. The summed E-state index contributed by atoms with van der Waals surface area (Å²) in [5.41, 5.74) is -1.11. The lowest BCUT2D eigenvalue weighted by Crippen LogP contribution is -2.73. The minimum atomic E-state index is -0.864. The molecule has 0 unspecified atom stereocenters. The van der Waals surface area contributed by atoms with E-state index in [0.29, 0.717) is 69.7 Å². The zero-order chi connectivity index (χ0) is 32.1. The van der Waals surface area contributed by atoms with Gasteiger partial charge in [-0.3, -0.25) is 14.4 Å². The van der Waals surface area contributed by atoms with Crippen LogP contribution in [0.5, 0.6) is 5.75 Å². The Labute approximate surface area is 280 Å². The van der Waals surface area contributed by atoms with Gasteiger partial charge in [0.1, 0.15) is 17.3 Å². The Hall–Kier alpha value is -2.44. The topological polar surface area (TPSA) is 141 Å².